The number of likely N-dealkylation sites (N-methyl/N-ethyl adjacent to an activating group) is 1. The van der Waals surface area contributed by atoms with Crippen molar-refractivity contribution in [1.82, 2.24) is 10.2 Å². The van der Waals surface area contributed by atoms with Crippen molar-refractivity contribution in [2.24, 2.45) is 0 Å². The standard InChI is InChI=1S/C27H29BrClN3O5S/c1-4-37-24-12-10-23(11-13-24)32(38(35,36)25-14-8-22(29)9-15-25)18-26(33)31(19(2)27(34)30-3)17-20-6-5-7-21(28)16-20/h5-16,19H,4,17-18H2,1-3H3,(H,30,34)/t19-/m0/s1. The zero-order valence-electron chi connectivity index (χ0n) is 21.2. The van der Waals surface area contributed by atoms with Crippen LogP contribution in [0.15, 0.2) is 82.2 Å². The lowest BCUT2D eigenvalue weighted by atomic mass is 10.1. The fraction of sp³-hybridized carbons (Fsp3) is 0.259. The summed E-state index contributed by atoms with van der Waals surface area (Å²) >= 11 is 9.40. The fourth-order valence-corrected chi connectivity index (χ4v) is 5.75. The molecule has 0 radical (unpaired) electrons. The minimum absolute atomic E-state index is 0.0264. The minimum atomic E-state index is -4.18. The minimum Gasteiger partial charge on any atom is -0.494 e. The Morgan fingerprint density at radius 1 is 1.05 bits per heavy atom. The predicted octanol–water partition coefficient (Wildman–Crippen LogP) is 4.86. The smallest absolute Gasteiger partial charge is 0.264 e. The van der Waals surface area contributed by atoms with Crippen LogP contribution in [-0.4, -0.2) is 51.4 Å². The molecule has 3 aromatic rings. The Balaban J connectivity index is 2.03. The third kappa shape index (κ3) is 7.27. The van der Waals surface area contributed by atoms with Crippen LogP contribution in [0.1, 0.15) is 19.4 Å². The number of nitrogens with zero attached hydrogens (tertiary/aromatic N) is 2. The van der Waals surface area contributed by atoms with Crippen LogP contribution in [0.3, 0.4) is 0 Å². The van der Waals surface area contributed by atoms with Crippen molar-refractivity contribution in [3.63, 3.8) is 0 Å². The maximum Gasteiger partial charge on any atom is 0.264 e. The molecule has 3 aromatic carbocycles. The summed E-state index contributed by atoms with van der Waals surface area (Å²) in [5.41, 5.74) is 1.04. The van der Waals surface area contributed by atoms with E-state index in [1.165, 1.54) is 36.2 Å². The van der Waals surface area contributed by atoms with Crippen molar-refractivity contribution in [3.05, 3.63) is 87.9 Å². The van der Waals surface area contributed by atoms with Crippen LogP contribution >= 0.6 is 27.5 Å². The molecule has 2 amide bonds. The van der Waals surface area contributed by atoms with Gasteiger partial charge in [0, 0.05) is 23.1 Å². The quantitative estimate of drug-likeness (QED) is 0.330. The molecule has 1 atom stereocenters. The molecule has 0 saturated carbocycles. The van der Waals surface area contributed by atoms with E-state index < -0.39 is 28.5 Å². The first-order valence-corrected chi connectivity index (χ1v) is 14.4. The van der Waals surface area contributed by atoms with E-state index in [1.807, 2.05) is 31.2 Å². The van der Waals surface area contributed by atoms with Crippen molar-refractivity contribution in [3.8, 4) is 5.75 Å². The van der Waals surface area contributed by atoms with Gasteiger partial charge < -0.3 is 15.0 Å². The first-order chi connectivity index (χ1) is 18.1. The van der Waals surface area contributed by atoms with Crippen molar-refractivity contribution < 1.29 is 22.7 Å². The number of ether oxygens (including phenoxy) is 1. The van der Waals surface area contributed by atoms with Gasteiger partial charge in [0.05, 0.1) is 17.2 Å². The van der Waals surface area contributed by atoms with Crippen molar-refractivity contribution in [1.29, 1.82) is 0 Å². The van der Waals surface area contributed by atoms with E-state index in [4.69, 9.17) is 16.3 Å². The first-order valence-electron chi connectivity index (χ1n) is 11.8. The Labute approximate surface area is 236 Å². The molecule has 202 valence electrons. The molecule has 0 bridgehead atoms. The molecule has 0 unspecified atom stereocenters. The van der Waals surface area contributed by atoms with E-state index in [0.717, 1.165) is 14.3 Å². The highest BCUT2D eigenvalue weighted by Gasteiger charge is 2.32. The number of carbonyl (C=O) groups excluding carboxylic acids is 2. The van der Waals surface area contributed by atoms with Gasteiger partial charge in [0.1, 0.15) is 18.3 Å². The maximum absolute atomic E-state index is 13.8. The number of carbonyl (C=O) groups is 2. The molecule has 38 heavy (non-hydrogen) atoms. The lowest BCUT2D eigenvalue weighted by Crippen LogP contribution is -2.50. The summed E-state index contributed by atoms with van der Waals surface area (Å²) in [5.74, 6) is -0.357. The van der Waals surface area contributed by atoms with Crippen LogP contribution in [0.4, 0.5) is 5.69 Å². The molecule has 1 N–H and O–H groups in total. The number of sulfonamides is 1. The summed E-state index contributed by atoms with van der Waals surface area (Å²) in [7, 11) is -2.69. The fourth-order valence-electron chi connectivity index (χ4n) is 3.76. The molecule has 0 heterocycles. The highest BCUT2D eigenvalue weighted by atomic mass is 79.9. The first kappa shape index (κ1) is 29.5. The molecule has 0 fully saturated rings. The van der Waals surface area contributed by atoms with E-state index >= 15 is 0 Å². The molecular formula is C27H29BrClN3O5S. The van der Waals surface area contributed by atoms with Gasteiger partial charge in [0.15, 0.2) is 0 Å². The molecule has 0 aliphatic carbocycles. The lowest BCUT2D eigenvalue weighted by Gasteiger charge is -2.31. The van der Waals surface area contributed by atoms with Gasteiger partial charge in [-0.05, 0) is 80.1 Å². The maximum atomic E-state index is 13.8. The monoisotopic (exact) mass is 621 g/mol. The van der Waals surface area contributed by atoms with Gasteiger partial charge >= 0.3 is 0 Å². The average Bonchev–Trinajstić information content (AvgIpc) is 2.90. The van der Waals surface area contributed by atoms with Gasteiger partial charge in [-0.1, -0.05) is 39.7 Å². The molecular weight excluding hydrogens is 594 g/mol. The summed E-state index contributed by atoms with van der Waals surface area (Å²) in [5, 5.41) is 2.94. The number of halogens is 2. The molecule has 0 aliphatic heterocycles. The van der Waals surface area contributed by atoms with Crippen LogP contribution in [0.2, 0.25) is 5.02 Å². The normalized spacial score (nSPS) is 11.9. The Hall–Kier alpha value is -3.08. The Kier molecular flexibility index (Phi) is 10.2. The van der Waals surface area contributed by atoms with Crippen molar-refractivity contribution >= 4 is 55.1 Å². The van der Waals surface area contributed by atoms with E-state index in [0.29, 0.717) is 17.4 Å². The number of amides is 2. The third-order valence-electron chi connectivity index (χ3n) is 5.77. The van der Waals surface area contributed by atoms with Crippen molar-refractivity contribution in [2.75, 3.05) is 24.5 Å². The summed E-state index contributed by atoms with van der Waals surface area (Å²) in [6, 6.07) is 18.6. The van der Waals surface area contributed by atoms with Crippen LogP contribution in [-0.2, 0) is 26.2 Å². The molecule has 0 saturated heterocycles. The van der Waals surface area contributed by atoms with Crippen LogP contribution in [0, 0.1) is 0 Å². The zero-order valence-corrected chi connectivity index (χ0v) is 24.4. The Morgan fingerprint density at radius 2 is 1.71 bits per heavy atom. The van der Waals surface area contributed by atoms with E-state index in [1.54, 1.807) is 31.2 Å². The molecule has 11 heteroatoms. The number of anilines is 1. The van der Waals surface area contributed by atoms with Gasteiger partial charge in [0.25, 0.3) is 10.0 Å². The molecule has 0 aromatic heterocycles. The zero-order chi connectivity index (χ0) is 27.9. The molecule has 8 nitrogen and oxygen atoms in total. The van der Waals surface area contributed by atoms with Gasteiger partial charge in [-0.2, -0.15) is 0 Å². The van der Waals surface area contributed by atoms with Gasteiger partial charge in [-0.3, -0.25) is 13.9 Å². The van der Waals surface area contributed by atoms with Crippen LogP contribution in [0.5, 0.6) is 5.75 Å². The number of rotatable bonds is 11. The lowest BCUT2D eigenvalue weighted by molar-refractivity contribution is -0.139. The Morgan fingerprint density at radius 3 is 2.29 bits per heavy atom. The molecule has 0 aliphatic rings. The summed E-state index contributed by atoms with van der Waals surface area (Å²) in [6.45, 7) is 3.47. The number of hydrogen-bond donors (Lipinski definition) is 1. The topological polar surface area (TPSA) is 96.0 Å². The average molecular weight is 623 g/mol. The van der Waals surface area contributed by atoms with Gasteiger partial charge in [-0.25, -0.2) is 8.42 Å². The Bertz CT molecular complexity index is 1370. The summed E-state index contributed by atoms with van der Waals surface area (Å²) < 4.78 is 34.9. The van der Waals surface area contributed by atoms with Gasteiger partial charge in [0.2, 0.25) is 11.8 Å². The van der Waals surface area contributed by atoms with E-state index in [-0.39, 0.29) is 23.0 Å². The highest BCUT2D eigenvalue weighted by Crippen LogP contribution is 2.27. The number of benzene rings is 3. The van der Waals surface area contributed by atoms with E-state index in [9.17, 15) is 18.0 Å². The van der Waals surface area contributed by atoms with Gasteiger partial charge in [-0.15, -0.1) is 0 Å². The number of nitrogens with one attached hydrogen (secondary N) is 1. The second-order valence-electron chi connectivity index (χ2n) is 8.33. The highest BCUT2D eigenvalue weighted by molar-refractivity contribution is 9.10. The second kappa shape index (κ2) is 13.1. The third-order valence-corrected chi connectivity index (χ3v) is 8.31. The van der Waals surface area contributed by atoms with Crippen LogP contribution < -0.4 is 14.4 Å². The molecule has 0 spiro atoms. The SMILES string of the molecule is CCOc1ccc(N(CC(=O)N(Cc2cccc(Br)c2)[C@@H](C)C(=O)NC)S(=O)(=O)c2ccc(Cl)cc2)cc1. The van der Waals surface area contributed by atoms with Crippen LogP contribution in [0.25, 0.3) is 0 Å². The van der Waals surface area contributed by atoms with Crippen molar-refractivity contribution in [2.45, 2.75) is 31.3 Å². The number of hydrogen-bond acceptors (Lipinski definition) is 5. The van der Waals surface area contributed by atoms with E-state index in [2.05, 4.69) is 21.2 Å². The predicted molar refractivity (Wildman–Crippen MR) is 152 cm³/mol. The largest absolute Gasteiger partial charge is 0.494 e. The summed E-state index contributed by atoms with van der Waals surface area (Å²) in [4.78, 5) is 27.6. The molecule has 3 rings (SSSR count). The summed E-state index contributed by atoms with van der Waals surface area (Å²) in [6.07, 6.45) is 0. The second-order valence-corrected chi connectivity index (χ2v) is 11.5.